The van der Waals surface area contributed by atoms with Crippen LogP contribution < -0.4 is 31.8 Å². The van der Waals surface area contributed by atoms with Crippen LogP contribution in [0.3, 0.4) is 0 Å². The number of hydrogen-bond donors (Lipinski definition) is 0. The third-order valence-corrected chi connectivity index (χ3v) is 31.5. The van der Waals surface area contributed by atoms with E-state index in [0.717, 1.165) is 0 Å². The molecular formula is C38H33NiP2. The van der Waals surface area contributed by atoms with E-state index in [2.05, 4.69) is 187 Å². The molecule has 6 aromatic carbocycles. The van der Waals surface area contributed by atoms with Crippen molar-refractivity contribution >= 4 is 43.9 Å². The molecule has 0 saturated heterocycles. The van der Waals surface area contributed by atoms with Gasteiger partial charge in [-0.25, -0.2) is 0 Å². The molecule has 0 fully saturated rings. The molecule has 6 aromatic rings. The first-order valence-electron chi connectivity index (χ1n) is 13.7. The van der Waals surface area contributed by atoms with Crippen LogP contribution in [0.1, 0.15) is 0 Å². The molecule has 0 unspecified atom stereocenters. The minimum atomic E-state index is -2.87. The molecule has 41 heavy (non-hydrogen) atoms. The predicted octanol–water partition coefficient (Wildman–Crippen LogP) is 6.48. The molecule has 0 atom stereocenters. The molecule has 0 heterocycles. The van der Waals surface area contributed by atoms with Gasteiger partial charge in [0, 0.05) is 0 Å². The van der Waals surface area contributed by atoms with Crippen molar-refractivity contribution in [2.75, 3.05) is 0 Å². The van der Waals surface area contributed by atoms with E-state index in [9.17, 15) is 0 Å². The van der Waals surface area contributed by atoms with E-state index in [1.54, 1.807) is 0 Å². The zero-order chi connectivity index (χ0) is 28.0. The van der Waals surface area contributed by atoms with Crippen molar-refractivity contribution in [2.24, 2.45) is 0 Å². The summed E-state index contributed by atoms with van der Waals surface area (Å²) in [5.74, 6) is 0. The van der Waals surface area contributed by atoms with Gasteiger partial charge in [0.1, 0.15) is 0 Å². The van der Waals surface area contributed by atoms with Gasteiger partial charge in [-0.1, -0.05) is 0 Å². The van der Waals surface area contributed by atoms with Crippen molar-refractivity contribution in [2.45, 2.75) is 0 Å². The molecule has 0 spiro atoms. The Morgan fingerprint density at radius 3 is 0.634 bits per heavy atom. The van der Waals surface area contributed by atoms with E-state index in [0.29, 0.717) is 0 Å². The third-order valence-electron chi connectivity index (χ3n) is 7.49. The van der Waals surface area contributed by atoms with Gasteiger partial charge in [-0.2, -0.15) is 0 Å². The van der Waals surface area contributed by atoms with E-state index in [1.165, 1.54) is 31.8 Å². The van der Waals surface area contributed by atoms with E-state index in [1.807, 2.05) is 0 Å². The molecule has 0 aromatic heterocycles. The summed E-state index contributed by atoms with van der Waals surface area (Å²) < 4.78 is 0. The second-order valence-corrected chi connectivity index (χ2v) is 25.0. The predicted molar refractivity (Wildman–Crippen MR) is 182 cm³/mol. The summed E-state index contributed by atoms with van der Waals surface area (Å²) >= 11 is -0.743. The van der Waals surface area contributed by atoms with Crippen LogP contribution in [0.2, 0.25) is 0 Å². The Morgan fingerprint density at radius 1 is 0.317 bits per heavy atom. The molecule has 0 saturated carbocycles. The first-order valence-corrected chi connectivity index (χ1v) is 20.8. The van der Waals surface area contributed by atoms with E-state index in [4.69, 9.17) is 6.42 Å². The summed E-state index contributed by atoms with van der Waals surface area (Å²) in [5.41, 5.74) is 0. The average Bonchev–Trinajstić information content (AvgIpc) is 3.07. The molecule has 0 aliphatic rings. The summed E-state index contributed by atoms with van der Waals surface area (Å²) in [4.78, 5) is 3.64. The topological polar surface area (TPSA) is 0 Å². The van der Waals surface area contributed by atoms with Gasteiger partial charge in [-0.05, 0) is 0 Å². The van der Waals surface area contributed by atoms with Crippen LogP contribution in [-0.2, 0) is 12.5 Å². The van der Waals surface area contributed by atoms with Crippen LogP contribution in [0.15, 0.2) is 182 Å². The fraction of sp³-hybridized carbons (Fsp3) is 0. The van der Waals surface area contributed by atoms with E-state index >= 15 is 0 Å². The van der Waals surface area contributed by atoms with E-state index in [-0.39, 0.29) is 0 Å². The van der Waals surface area contributed by atoms with Crippen molar-refractivity contribution in [1.29, 1.82) is 0 Å². The van der Waals surface area contributed by atoms with Gasteiger partial charge in [0.05, 0.1) is 0 Å². The summed E-state index contributed by atoms with van der Waals surface area (Å²) in [6.07, 6.45) is 7.01. The van der Waals surface area contributed by atoms with Gasteiger partial charge < -0.3 is 0 Å². The summed E-state index contributed by atoms with van der Waals surface area (Å²) in [6, 6.07) is 61.0. The van der Waals surface area contributed by atoms with Crippen LogP contribution in [0.4, 0.5) is 0 Å². The molecule has 3 heteroatoms. The first-order chi connectivity index (χ1) is 20.3. The van der Waals surface area contributed by atoms with Crippen LogP contribution >= 0.6 is 12.1 Å². The number of rotatable bonds is 8. The maximum absolute atomic E-state index is 7.01. The maximum atomic E-state index is 7.01. The number of terminal acetylenes is 1. The van der Waals surface area contributed by atoms with Crippen molar-refractivity contribution in [3.8, 4) is 11.3 Å². The van der Waals surface area contributed by atoms with Crippen LogP contribution in [0.5, 0.6) is 0 Å². The normalized spacial score (nSPS) is 12.6. The summed E-state index contributed by atoms with van der Waals surface area (Å²) in [6.45, 7) is 0. The zero-order valence-electron chi connectivity index (χ0n) is 22.7. The molecule has 0 aliphatic carbocycles. The molecular weight excluding hydrogens is 577 g/mol. The Hall–Kier alpha value is -3.77. The summed E-state index contributed by atoms with van der Waals surface area (Å²) in [7, 11) is 0. The fourth-order valence-corrected chi connectivity index (χ4v) is 35.5. The van der Waals surface area contributed by atoms with Gasteiger partial charge in [0.2, 0.25) is 0 Å². The molecule has 205 valence electrons. The molecule has 0 nitrogen and oxygen atoms in total. The molecule has 0 N–H and O–H groups in total. The first kappa shape index (κ1) is 27.4. The van der Waals surface area contributed by atoms with Gasteiger partial charge >= 0.3 is 250 Å². The van der Waals surface area contributed by atoms with Crippen LogP contribution in [0.25, 0.3) is 0 Å². The fourth-order valence-electron chi connectivity index (χ4n) is 5.81. The molecule has 0 bridgehead atoms. The average molecular weight is 610 g/mol. The Bertz CT molecular complexity index is 1400. The number of benzene rings is 6. The summed E-state index contributed by atoms with van der Waals surface area (Å²) in [5, 5.41) is 8.11. The third kappa shape index (κ3) is 4.78. The van der Waals surface area contributed by atoms with Crippen molar-refractivity contribution in [1.82, 2.24) is 0 Å². The quantitative estimate of drug-likeness (QED) is 0.105. The minimum absolute atomic E-state index is 0.743. The Balaban J connectivity index is 1.85. The zero-order valence-corrected chi connectivity index (χ0v) is 25.7. The van der Waals surface area contributed by atoms with E-state index < -0.39 is 24.6 Å². The SMILES string of the molecule is C#[C][Ni]([PH](c1ccccc1)(c1ccccc1)c1ccccc1)[PH](c1ccccc1)(c1ccccc1)c1ccccc1. The second kappa shape index (κ2) is 12.4. The standard InChI is InChI=1S/2C18H15P.C2H.Ni/c2*1-4-10-16(11-5-1)19(17-12-6-2-7-13-17)18-14-8-3-9-15-18;1-2;/h2*1-15H;1H;/q;;;-2/p+2. The Kier molecular flexibility index (Phi) is 8.29. The Labute approximate surface area is 248 Å². The van der Waals surface area contributed by atoms with Crippen molar-refractivity contribution in [3.05, 3.63) is 182 Å². The van der Waals surface area contributed by atoms with Gasteiger partial charge in [0.25, 0.3) is 0 Å². The molecule has 0 amide bonds. The second-order valence-electron chi connectivity index (χ2n) is 9.75. The molecule has 0 radical (unpaired) electrons. The van der Waals surface area contributed by atoms with Gasteiger partial charge in [-0.3, -0.25) is 0 Å². The Morgan fingerprint density at radius 2 is 0.488 bits per heavy atom. The van der Waals surface area contributed by atoms with Gasteiger partial charge in [-0.15, -0.1) is 0 Å². The monoisotopic (exact) mass is 609 g/mol. The van der Waals surface area contributed by atoms with Crippen LogP contribution in [-0.4, -0.2) is 0 Å². The van der Waals surface area contributed by atoms with Crippen LogP contribution in [0, 0.1) is 11.3 Å². The molecule has 6 rings (SSSR count). The van der Waals surface area contributed by atoms with Gasteiger partial charge in [0.15, 0.2) is 0 Å². The number of hydrogen-bond acceptors (Lipinski definition) is 0. The van der Waals surface area contributed by atoms with Crippen molar-refractivity contribution < 1.29 is 12.5 Å². The van der Waals surface area contributed by atoms with Crippen molar-refractivity contribution in [3.63, 3.8) is 0 Å². The molecule has 0 aliphatic heterocycles.